The number of rotatable bonds is 0. The highest BCUT2D eigenvalue weighted by Crippen LogP contribution is 2.11. The second-order valence-electron chi connectivity index (χ2n) is 4.54. The Morgan fingerprint density at radius 2 is 1.89 bits per heavy atom. The van der Waals surface area contributed by atoms with Crippen molar-refractivity contribution in [3.63, 3.8) is 0 Å². The molecule has 1 aromatic carbocycles. The van der Waals surface area contributed by atoms with Crippen LogP contribution in [0.5, 0.6) is 0 Å². The average molecular weight is 246 g/mol. The van der Waals surface area contributed by atoms with E-state index < -0.39 is 0 Å². The quantitative estimate of drug-likeness (QED) is 0.736. The summed E-state index contributed by atoms with van der Waals surface area (Å²) in [5.41, 5.74) is 1.45. The lowest BCUT2D eigenvalue weighted by atomic mass is 10.1. The molecule has 2 N–H and O–H groups in total. The number of carbonyl (C=O) groups excluding carboxylic acids is 2. The Hall–Kier alpha value is -1.84. The Kier molecular flexibility index (Phi) is 4.34. The van der Waals surface area contributed by atoms with E-state index in [0.717, 1.165) is 24.9 Å². The molecule has 0 atom stereocenters. The molecule has 0 unspecified atom stereocenters. The molecule has 18 heavy (non-hydrogen) atoms. The van der Waals surface area contributed by atoms with E-state index in [1.807, 2.05) is 12.1 Å². The average Bonchev–Trinajstić information content (AvgIpc) is 2.40. The summed E-state index contributed by atoms with van der Waals surface area (Å²) in [6.45, 7) is 1.01. The molecule has 0 spiro atoms. The van der Waals surface area contributed by atoms with Crippen molar-refractivity contribution in [2.24, 2.45) is 0 Å². The van der Waals surface area contributed by atoms with Crippen LogP contribution >= 0.6 is 0 Å². The molecule has 0 saturated carbocycles. The van der Waals surface area contributed by atoms with Crippen LogP contribution in [-0.4, -0.2) is 24.8 Å². The van der Waals surface area contributed by atoms with Crippen LogP contribution in [0.3, 0.4) is 0 Å². The van der Waals surface area contributed by atoms with Gasteiger partial charge in [0, 0.05) is 24.2 Å². The minimum absolute atomic E-state index is 0.0516. The standard InChI is InChI=1S/C14H18N2O2/c17-13-7-2-1-3-8-15-14(18)11-5-4-6-12(9-11)16-10-13/h4-6,9,16H,1-3,7-8,10H2,(H,15,18). The maximum atomic E-state index is 11.8. The number of carbonyl (C=O) groups is 2. The minimum Gasteiger partial charge on any atom is -0.378 e. The number of benzene rings is 1. The lowest BCUT2D eigenvalue weighted by molar-refractivity contribution is -0.117. The highest BCUT2D eigenvalue weighted by Gasteiger charge is 2.08. The van der Waals surface area contributed by atoms with E-state index in [4.69, 9.17) is 0 Å². The predicted octanol–water partition coefficient (Wildman–Crippen LogP) is 1.97. The number of fused-ring (bicyclic) bond motifs is 2. The van der Waals surface area contributed by atoms with Crippen LogP contribution in [0.1, 0.15) is 36.0 Å². The van der Waals surface area contributed by atoms with Gasteiger partial charge in [0.1, 0.15) is 0 Å². The van der Waals surface area contributed by atoms with Gasteiger partial charge in [-0.3, -0.25) is 9.59 Å². The van der Waals surface area contributed by atoms with Gasteiger partial charge in [-0.25, -0.2) is 0 Å². The second-order valence-corrected chi connectivity index (χ2v) is 4.54. The molecule has 0 aliphatic carbocycles. The molecule has 0 fully saturated rings. The lowest BCUT2D eigenvalue weighted by Crippen LogP contribution is -2.24. The van der Waals surface area contributed by atoms with Crippen molar-refractivity contribution in [1.29, 1.82) is 0 Å². The predicted molar refractivity (Wildman–Crippen MR) is 70.7 cm³/mol. The Bertz CT molecular complexity index is 443. The van der Waals surface area contributed by atoms with Gasteiger partial charge in [-0.1, -0.05) is 12.5 Å². The fourth-order valence-electron chi connectivity index (χ4n) is 1.99. The molecule has 1 amide bonds. The van der Waals surface area contributed by atoms with Crippen LogP contribution in [0.4, 0.5) is 5.69 Å². The van der Waals surface area contributed by atoms with Crippen LogP contribution in [0.15, 0.2) is 24.3 Å². The summed E-state index contributed by atoms with van der Waals surface area (Å²) in [7, 11) is 0. The van der Waals surface area contributed by atoms with Crippen molar-refractivity contribution in [3.05, 3.63) is 29.8 Å². The Morgan fingerprint density at radius 3 is 2.78 bits per heavy atom. The molecule has 2 rings (SSSR count). The van der Waals surface area contributed by atoms with Crippen molar-refractivity contribution in [2.75, 3.05) is 18.4 Å². The van der Waals surface area contributed by atoms with Gasteiger partial charge in [0.2, 0.25) is 0 Å². The summed E-state index contributed by atoms with van der Waals surface area (Å²) >= 11 is 0. The summed E-state index contributed by atoms with van der Waals surface area (Å²) in [5, 5.41) is 5.95. The second kappa shape index (κ2) is 6.19. The number of amides is 1. The van der Waals surface area contributed by atoms with E-state index in [2.05, 4.69) is 10.6 Å². The summed E-state index contributed by atoms with van der Waals surface area (Å²) in [6, 6.07) is 7.24. The normalized spacial score (nSPS) is 17.8. The number of hydrogen-bond acceptors (Lipinski definition) is 3. The third-order valence-corrected chi connectivity index (χ3v) is 3.03. The first-order valence-corrected chi connectivity index (χ1v) is 6.39. The van der Waals surface area contributed by atoms with Gasteiger partial charge in [0.25, 0.3) is 5.91 Å². The van der Waals surface area contributed by atoms with Gasteiger partial charge in [0.05, 0.1) is 6.54 Å². The zero-order valence-electron chi connectivity index (χ0n) is 10.4. The summed E-state index contributed by atoms with van der Waals surface area (Å²) in [4.78, 5) is 23.4. The van der Waals surface area contributed by atoms with Gasteiger partial charge < -0.3 is 10.6 Å². The number of Topliss-reactive ketones (excluding diaryl/α,β-unsaturated/α-hetero) is 1. The van der Waals surface area contributed by atoms with Crippen LogP contribution in [0, 0.1) is 0 Å². The molecule has 4 nitrogen and oxygen atoms in total. The molecule has 0 radical (unpaired) electrons. The van der Waals surface area contributed by atoms with Crippen molar-refractivity contribution in [3.8, 4) is 0 Å². The van der Waals surface area contributed by atoms with Gasteiger partial charge in [-0.15, -0.1) is 0 Å². The van der Waals surface area contributed by atoms with Crippen LogP contribution < -0.4 is 10.6 Å². The molecule has 0 saturated heterocycles. The number of nitrogens with one attached hydrogen (secondary N) is 2. The lowest BCUT2D eigenvalue weighted by Gasteiger charge is -2.07. The number of ketones is 1. The Balaban J connectivity index is 2.12. The third-order valence-electron chi connectivity index (χ3n) is 3.03. The molecular weight excluding hydrogens is 228 g/mol. The zero-order chi connectivity index (χ0) is 12.8. The van der Waals surface area contributed by atoms with E-state index in [-0.39, 0.29) is 11.7 Å². The van der Waals surface area contributed by atoms with Crippen LogP contribution in [0.2, 0.25) is 0 Å². The molecular formula is C14H18N2O2. The fourth-order valence-corrected chi connectivity index (χ4v) is 1.99. The molecule has 2 bridgehead atoms. The Labute approximate surface area is 107 Å². The maximum absolute atomic E-state index is 11.8. The van der Waals surface area contributed by atoms with Crippen molar-refractivity contribution >= 4 is 17.4 Å². The number of anilines is 1. The summed E-state index contributed by atoms with van der Waals surface area (Å²) in [6.07, 6.45) is 3.41. The van der Waals surface area contributed by atoms with E-state index in [0.29, 0.717) is 25.1 Å². The molecule has 1 aromatic rings. The maximum Gasteiger partial charge on any atom is 0.251 e. The molecule has 96 valence electrons. The van der Waals surface area contributed by atoms with Crippen molar-refractivity contribution in [1.82, 2.24) is 5.32 Å². The van der Waals surface area contributed by atoms with Gasteiger partial charge in [-0.2, -0.15) is 0 Å². The fraction of sp³-hybridized carbons (Fsp3) is 0.429. The van der Waals surface area contributed by atoms with Crippen molar-refractivity contribution < 1.29 is 9.59 Å². The molecule has 0 aromatic heterocycles. The minimum atomic E-state index is -0.0516. The molecule has 1 aliphatic rings. The topological polar surface area (TPSA) is 58.2 Å². The van der Waals surface area contributed by atoms with Crippen molar-refractivity contribution in [2.45, 2.75) is 25.7 Å². The van der Waals surface area contributed by atoms with Gasteiger partial charge in [-0.05, 0) is 31.0 Å². The first kappa shape index (κ1) is 12.6. The summed E-state index contributed by atoms with van der Waals surface area (Å²) in [5.74, 6) is 0.170. The first-order chi connectivity index (χ1) is 8.75. The smallest absolute Gasteiger partial charge is 0.251 e. The molecule has 1 heterocycles. The SMILES string of the molecule is O=C1CCCCCNC(=O)c2cccc(c2)NC1. The molecule has 4 heteroatoms. The number of hydrogen-bond donors (Lipinski definition) is 2. The van der Waals surface area contributed by atoms with Crippen LogP contribution in [0.25, 0.3) is 0 Å². The summed E-state index contributed by atoms with van der Waals surface area (Å²) < 4.78 is 0. The van der Waals surface area contributed by atoms with E-state index in [9.17, 15) is 9.59 Å². The molecule has 1 aliphatic heterocycles. The third kappa shape index (κ3) is 3.58. The largest absolute Gasteiger partial charge is 0.378 e. The van der Waals surface area contributed by atoms with Gasteiger partial charge in [0.15, 0.2) is 5.78 Å². The van der Waals surface area contributed by atoms with E-state index >= 15 is 0 Å². The van der Waals surface area contributed by atoms with E-state index in [1.165, 1.54) is 0 Å². The van der Waals surface area contributed by atoms with Gasteiger partial charge >= 0.3 is 0 Å². The highest BCUT2D eigenvalue weighted by atomic mass is 16.1. The zero-order valence-corrected chi connectivity index (χ0v) is 10.4. The monoisotopic (exact) mass is 246 g/mol. The van der Waals surface area contributed by atoms with Crippen LogP contribution in [-0.2, 0) is 4.79 Å². The van der Waals surface area contributed by atoms with E-state index in [1.54, 1.807) is 12.1 Å². The highest BCUT2D eigenvalue weighted by molar-refractivity contribution is 5.95. The first-order valence-electron chi connectivity index (χ1n) is 6.39. The Morgan fingerprint density at radius 1 is 1.00 bits per heavy atom.